The molecule has 0 bridgehead atoms. The van der Waals surface area contributed by atoms with Crippen LogP contribution in [0.15, 0.2) is 24.3 Å². The number of hydrogen-bond acceptors (Lipinski definition) is 3. The number of aromatic carboxylic acids is 1. The molecule has 0 heterocycles. The van der Waals surface area contributed by atoms with Crippen molar-refractivity contribution in [3.63, 3.8) is 0 Å². The molecule has 2 rings (SSSR count). The Morgan fingerprint density at radius 3 is 2.29 bits per heavy atom. The van der Waals surface area contributed by atoms with Crippen LogP contribution < -0.4 is 4.74 Å². The normalized spacial score (nSPS) is 21.8. The largest absolute Gasteiger partial charge is 0.478 e. The molecule has 0 unspecified atom stereocenters. The molecule has 0 aliphatic heterocycles. The molecule has 1 saturated carbocycles. The zero-order valence-electron chi connectivity index (χ0n) is 12.4. The molecule has 1 fully saturated rings. The van der Waals surface area contributed by atoms with Crippen molar-refractivity contribution in [1.82, 2.24) is 0 Å². The summed E-state index contributed by atoms with van der Waals surface area (Å²) in [6.07, 6.45) is 6.46. The average Bonchev–Trinajstić information content (AvgIpc) is 2.49. The second-order valence-electron chi connectivity index (χ2n) is 5.76. The first-order chi connectivity index (χ1) is 10.1. The molecule has 1 N–H and O–H groups in total. The third kappa shape index (κ3) is 4.31. The second-order valence-corrected chi connectivity index (χ2v) is 5.76. The van der Waals surface area contributed by atoms with Gasteiger partial charge in [0, 0.05) is 0 Å². The van der Waals surface area contributed by atoms with Gasteiger partial charge in [0.05, 0.1) is 11.5 Å². The monoisotopic (exact) mass is 290 g/mol. The van der Waals surface area contributed by atoms with Gasteiger partial charge in [-0.15, -0.1) is 0 Å². The lowest BCUT2D eigenvalue weighted by Gasteiger charge is -2.26. The Morgan fingerprint density at radius 2 is 1.76 bits per heavy atom. The van der Waals surface area contributed by atoms with Gasteiger partial charge in [0.2, 0.25) is 0 Å². The molecule has 0 atom stereocenters. The first-order valence-electron chi connectivity index (χ1n) is 7.65. The summed E-state index contributed by atoms with van der Waals surface area (Å²) < 4.78 is 5.35. The van der Waals surface area contributed by atoms with E-state index in [0.717, 1.165) is 31.6 Å². The van der Waals surface area contributed by atoms with E-state index in [1.54, 1.807) is 0 Å². The molecular weight excluding hydrogens is 268 g/mol. The highest BCUT2D eigenvalue weighted by molar-refractivity contribution is 5.87. The van der Waals surface area contributed by atoms with Gasteiger partial charge in [-0.3, -0.25) is 4.79 Å². The van der Waals surface area contributed by atoms with Gasteiger partial charge in [-0.1, -0.05) is 19.8 Å². The maximum absolute atomic E-state index is 12.1. The predicted octanol–water partition coefficient (Wildman–Crippen LogP) is 3.90. The minimum absolute atomic E-state index is 0.0164. The summed E-state index contributed by atoms with van der Waals surface area (Å²) in [5.74, 6) is -0.0121. The number of carbonyl (C=O) groups is 2. The van der Waals surface area contributed by atoms with E-state index < -0.39 is 5.97 Å². The van der Waals surface area contributed by atoms with Crippen molar-refractivity contribution in [2.24, 2.45) is 11.8 Å². The smallest absolute Gasteiger partial charge is 0.335 e. The summed E-state index contributed by atoms with van der Waals surface area (Å²) in [5, 5.41) is 8.82. The van der Waals surface area contributed by atoms with E-state index in [9.17, 15) is 9.59 Å². The molecule has 114 valence electrons. The van der Waals surface area contributed by atoms with Crippen molar-refractivity contribution in [3.8, 4) is 5.75 Å². The summed E-state index contributed by atoms with van der Waals surface area (Å²) in [6, 6.07) is 5.96. The molecule has 0 amide bonds. The van der Waals surface area contributed by atoms with E-state index in [4.69, 9.17) is 9.84 Å². The maximum atomic E-state index is 12.1. The van der Waals surface area contributed by atoms with E-state index in [2.05, 4.69) is 6.92 Å². The van der Waals surface area contributed by atoms with Gasteiger partial charge in [0.1, 0.15) is 5.75 Å². The van der Waals surface area contributed by atoms with Crippen LogP contribution in [0.4, 0.5) is 0 Å². The Morgan fingerprint density at radius 1 is 1.14 bits per heavy atom. The third-order valence-electron chi connectivity index (χ3n) is 4.20. The summed E-state index contributed by atoms with van der Waals surface area (Å²) >= 11 is 0. The summed E-state index contributed by atoms with van der Waals surface area (Å²) in [7, 11) is 0. The van der Waals surface area contributed by atoms with Crippen LogP contribution in [0.5, 0.6) is 5.75 Å². The van der Waals surface area contributed by atoms with E-state index in [1.165, 1.54) is 37.1 Å². The van der Waals surface area contributed by atoms with Crippen LogP contribution in [-0.2, 0) is 4.79 Å². The minimum Gasteiger partial charge on any atom is -0.478 e. The molecule has 0 saturated heterocycles. The van der Waals surface area contributed by atoms with Gasteiger partial charge < -0.3 is 9.84 Å². The van der Waals surface area contributed by atoms with Crippen molar-refractivity contribution in [1.29, 1.82) is 0 Å². The van der Waals surface area contributed by atoms with Gasteiger partial charge in [0.25, 0.3) is 0 Å². The molecule has 21 heavy (non-hydrogen) atoms. The summed E-state index contributed by atoms with van der Waals surface area (Å²) in [4.78, 5) is 22.9. The SMILES string of the molecule is CCC[C@H]1CC[C@H](C(=O)Oc2ccc(C(=O)O)cc2)CC1. The number of hydrogen-bond donors (Lipinski definition) is 1. The van der Waals surface area contributed by atoms with Crippen molar-refractivity contribution >= 4 is 11.9 Å². The Balaban J connectivity index is 1.86. The second kappa shape index (κ2) is 7.25. The number of esters is 1. The molecule has 1 aliphatic carbocycles. The van der Waals surface area contributed by atoms with E-state index in [-0.39, 0.29) is 17.5 Å². The molecule has 4 heteroatoms. The lowest BCUT2D eigenvalue weighted by molar-refractivity contribution is -0.140. The van der Waals surface area contributed by atoms with Crippen LogP contribution in [0.25, 0.3) is 0 Å². The van der Waals surface area contributed by atoms with E-state index in [0.29, 0.717) is 5.75 Å². The number of ether oxygens (including phenoxy) is 1. The zero-order chi connectivity index (χ0) is 15.2. The quantitative estimate of drug-likeness (QED) is 0.660. The molecule has 1 aliphatic rings. The Bertz CT molecular complexity index is 484. The summed E-state index contributed by atoms with van der Waals surface area (Å²) in [6.45, 7) is 2.20. The van der Waals surface area contributed by atoms with Crippen LogP contribution in [0.3, 0.4) is 0 Å². The van der Waals surface area contributed by atoms with E-state index in [1.807, 2.05) is 0 Å². The zero-order valence-corrected chi connectivity index (χ0v) is 12.4. The Labute approximate surface area is 125 Å². The lowest BCUT2D eigenvalue weighted by Crippen LogP contribution is -2.25. The number of rotatable bonds is 5. The maximum Gasteiger partial charge on any atom is 0.335 e. The van der Waals surface area contributed by atoms with Crippen molar-refractivity contribution in [3.05, 3.63) is 29.8 Å². The fraction of sp³-hybridized carbons (Fsp3) is 0.529. The number of benzene rings is 1. The molecule has 1 aromatic rings. The van der Waals surface area contributed by atoms with Crippen molar-refractivity contribution in [2.45, 2.75) is 45.4 Å². The molecular formula is C17H22O4. The van der Waals surface area contributed by atoms with Gasteiger partial charge >= 0.3 is 11.9 Å². The molecule has 0 aromatic heterocycles. The van der Waals surface area contributed by atoms with Crippen LogP contribution in [0, 0.1) is 11.8 Å². The number of carboxylic acid groups (broad SMARTS) is 1. The topological polar surface area (TPSA) is 63.6 Å². The van der Waals surface area contributed by atoms with E-state index >= 15 is 0 Å². The van der Waals surface area contributed by atoms with Gasteiger partial charge in [-0.2, -0.15) is 0 Å². The molecule has 4 nitrogen and oxygen atoms in total. The Kier molecular flexibility index (Phi) is 5.37. The highest BCUT2D eigenvalue weighted by Gasteiger charge is 2.27. The van der Waals surface area contributed by atoms with Crippen molar-refractivity contribution < 1.29 is 19.4 Å². The van der Waals surface area contributed by atoms with Crippen LogP contribution in [0.2, 0.25) is 0 Å². The lowest BCUT2D eigenvalue weighted by atomic mass is 9.80. The first-order valence-corrected chi connectivity index (χ1v) is 7.65. The van der Waals surface area contributed by atoms with Gasteiger partial charge in [-0.05, 0) is 55.9 Å². The van der Waals surface area contributed by atoms with Crippen LogP contribution >= 0.6 is 0 Å². The fourth-order valence-corrected chi connectivity index (χ4v) is 2.96. The molecule has 1 aromatic carbocycles. The third-order valence-corrected chi connectivity index (χ3v) is 4.20. The first kappa shape index (κ1) is 15.5. The Hall–Kier alpha value is -1.84. The minimum atomic E-state index is -0.984. The number of carboxylic acids is 1. The highest BCUT2D eigenvalue weighted by atomic mass is 16.5. The predicted molar refractivity (Wildman–Crippen MR) is 79.4 cm³/mol. The standard InChI is InChI=1S/C17H22O4/c1-2-3-12-4-6-14(7-5-12)17(20)21-15-10-8-13(9-11-15)16(18)19/h8-12,14H,2-7H2,1H3,(H,18,19)/t12-,14-. The fourth-order valence-electron chi connectivity index (χ4n) is 2.96. The molecule has 0 radical (unpaired) electrons. The average molecular weight is 290 g/mol. The summed E-state index contributed by atoms with van der Waals surface area (Å²) in [5.41, 5.74) is 0.190. The number of carbonyl (C=O) groups excluding carboxylic acids is 1. The van der Waals surface area contributed by atoms with Crippen molar-refractivity contribution in [2.75, 3.05) is 0 Å². The highest BCUT2D eigenvalue weighted by Crippen LogP contribution is 2.32. The van der Waals surface area contributed by atoms with Crippen LogP contribution in [-0.4, -0.2) is 17.0 Å². The van der Waals surface area contributed by atoms with Gasteiger partial charge in [-0.25, -0.2) is 4.79 Å². The van der Waals surface area contributed by atoms with Crippen LogP contribution in [0.1, 0.15) is 55.8 Å². The molecule has 0 spiro atoms. The van der Waals surface area contributed by atoms with Gasteiger partial charge in [0.15, 0.2) is 0 Å².